The van der Waals surface area contributed by atoms with Crippen LogP contribution in [0.1, 0.15) is 24.9 Å². The third-order valence-electron chi connectivity index (χ3n) is 2.77. The fourth-order valence-electron chi connectivity index (χ4n) is 1.78. The van der Waals surface area contributed by atoms with Crippen molar-refractivity contribution < 1.29 is 22.6 Å². The van der Waals surface area contributed by atoms with E-state index in [-0.39, 0.29) is 12.6 Å². The monoisotopic (exact) mass is 325 g/mol. The Balaban J connectivity index is 2.76. The molecule has 0 aromatic heterocycles. The van der Waals surface area contributed by atoms with Gasteiger partial charge in [-0.05, 0) is 30.7 Å². The van der Waals surface area contributed by atoms with Crippen LogP contribution in [-0.4, -0.2) is 33.0 Å². The van der Waals surface area contributed by atoms with Crippen LogP contribution in [0, 0.1) is 0 Å². The van der Waals surface area contributed by atoms with E-state index in [2.05, 4.69) is 5.32 Å². The highest BCUT2D eigenvalue weighted by Gasteiger charge is 2.28. The number of hydrogen-bond donors (Lipinski definition) is 1. The minimum Gasteiger partial charge on any atom is -0.495 e. The Morgan fingerprint density at radius 3 is 2.62 bits per heavy atom. The van der Waals surface area contributed by atoms with Gasteiger partial charge in [0.2, 0.25) is 0 Å². The maximum atomic E-state index is 12.1. The third kappa shape index (κ3) is 6.54. The molecule has 1 unspecified atom stereocenters. The van der Waals surface area contributed by atoms with Crippen LogP contribution < -0.4 is 10.1 Å². The molecule has 0 saturated heterocycles. The highest BCUT2D eigenvalue weighted by Crippen LogP contribution is 2.28. The second-order valence-corrected chi connectivity index (χ2v) is 4.94. The molecule has 0 radical (unpaired) electrons. The van der Waals surface area contributed by atoms with Crippen molar-refractivity contribution in [3.05, 3.63) is 28.8 Å². The lowest BCUT2D eigenvalue weighted by Crippen LogP contribution is -2.28. The van der Waals surface area contributed by atoms with E-state index in [4.69, 9.17) is 21.1 Å². The summed E-state index contributed by atoms with van der Waals surface area (Å²) in [6.45, 7) is 1.31. The summed E-state index contributed by atoms with van der Waals surface area (Å²) in [6, 6.07) is 4.75. The minimum absolute atomic E-state index is 0.0791. The van der Waals surface area contributed by atoms with Crippen molar-refractivity contribution in [1.82, 2.24) is 5.32 Å². The van der Waals surface area contributed by atoms with Gasteiger partial charge in [-0.15, -0.1) is 0 Å². The normalized spacial score (nSPS) is 13.2. The molecule has 1 N–H and O–H groups in total. The zero-order valence-electron chi connectivity index (χ0n) is 12.0. The van der Waals surface area contributed by atoms with Crippen molar-refractivity contribution >= 4 is 11.6 Å². The van der Waals surface area contributed by atoms with Crippen LogP contribution in [0.5, 0.6) is 5.75 Å². The van der Waals surface area contributed by atoms with Crippen molar-refractivity contribution in [2.75, 3.05) is 26.9 Å². The summed E-state index contributed by atoms with van der Waals surface area (Å²) in [5, 5.41) is 3.60. The van der Waals surface area contributed by atoms with Gasteiger partial charge in [0, 0.05) is 0 Å². The maximum Gasteiger partial charge on any atom is 0.411 e. The first-order chi connectivity index (χ1) is 9.87. The molecular weight excluding hydrogens is 307 g/mol. The number of alkyl halides is 3. The fourth-order valence-corrected chi connectivity index (χ4v) is 1.97. The minimum atomic E-state index is -4.33. The largest absolute Gasteiger partial charge is 0.495 e. The molecule has 120 valence electrons. The molecule has 0 aliphatic carbocycles. The molecule has 0 aliphatic heterocycles. The first-order valence-electron chi connectivity index (χ1n) is 6.58. The summed E-state index contributed by atoms with van der Waals surface area (Å²) in [5.74, 6) is 0.480. The second kappa shape index (κ2) is 8.46. The summed E-state index contributed by atoms with van der Waals surface area (Å²) < 4.78 is 46.3. The number of rotatable bonds is 8. The molecule has 7 heteroatoms. The molecule has 0 heterocycles. The lowest BCUT2D eigenvalue weighted by Gasteiger charge is -2.20. The van der Waals surface area contributed by atoms with Crippen LogP contribution in [-0.2, 0) is 4.74 Å². The van der Waals surface area contributed by atoms with E-state index in [9.17, 15) is 13.2 Å². The fraction of sp³-hybridized carbons (Fsp3) is 0.571. The van der Waals surface area contributed by atoms with Crippen LogP contribution in [0.15, 0.2) is 18.2 Å². The Labute approximate surface area is 127 Å². The van der Waals surface area contributed by atoms with E-state index in [1.54, 1.807) is 18.2 Å². The molecule has 0 aliphatic rings. The topological polar surface area (TPSA) is 30.5 Å². The van der Waals surface area contributed by atoms with Crippen molar-refractivity contribution in [2.45, 2.75) is 25.6 Å². The molecule has 1 rings (SSSR count). The SMILES string of the molecule is CCCNC(COCC(F)(F)F)c1ccc(Cl)c(OC)c1. The van der Waals surface area contributed by atoms with Gasteiger partial charge < -0.3 is 14.8 Å². The van der Waals surface area contributed by atoms with Crippen molar-refractivity contribution in [3.63, 3.8) is 0 Å². The molecule has 1 aromatic rings. The van der Waals surface area contributed by atoms with Gasteiger partial charge in [-0.2, -0.15) is 13.2 Å². The first-order valence-corrected chi connectivity index (χ1v) is 6.96. The van der Waals surface area contributed by atoms with Crippen molar-refractivity contribution in [2.24, 2.45) is 0 Å². The van der Waals surface area contributed by atoms with Crippen LogP contribution in [0.4, 0.5) is 13.2 Å². The number of hydrogen-bond acceptors (Lipinski definition) is 3. The average molecular weight is 326 g/mol. The number of nitrogens with one attached hydrogen (secondary N) is 1. The van der Waals surface area contributed by atoms with Crippen LogP contribution >= 0.6 is 11.6 Å². The molecule has 0 amide bonds. The van der Waals surface area contributed by atoms with Gasteiger partial charge in [-0.25, -0.2) is 0 Å². The molecule has 21 heavy (non-hydrogen) atoms. The van der Waals surface area contributed by atoms with Crippen LogP contribution in [0.3, 0.4) is 0 Å². The zero-order valence-corrected chi connectivity index (χ0v) is 12.7. The first kappa shape index (κ1) is 18.1. The van der Waals surface area contributed by atoms with E-state index in [0.29, 0.717) is 17.3 Å². The van der Waals surface area contributed by atoms with Gasteiger partial charge in [-0.1, -0.05) is 24.6 Å². The van der Waals surface area contributed by atoms with E-state index >= 15 is 0 Å². The Morgan fingerprint density at radius 2 is 2.05 bits per heavy atom. The second-order valence-electron chi connectivity index (χ2n) is 4.53. The highest BCUT2D eigenvalue weighted by atomic mass is 35.5. The number of ether oxygens (including phenoxy) is 2. The van der Waals surface area contributed by atoms with Gasteiger partial charge in [0.1, 0.15) is 12.4 Å². The molecule has 0 saturated carbocycles. The predicted octanol–water partition coefficient (Wildman–Crippen LogP) is 3.97. The van der Waals surface area contributed by atoms with Gasteiger partial charge in [0.25, 0.3) is 0 Å². The Hall–Kier alpha value is -0.980. The van der Waals surface area contributed by atoms with Crippen molar-refractivity contribution in [1.29, 1.82) is 0 Å². The van der Waals surface area contributed by atoms with Gasteiger partial charge >= 0.3 is 6.18 Å². The van der Waals surface area contributed by atoms with E-state index in [0.717, 1.165) is 12.0 Å². The molecule has 1 atom stereocenters. The quantitative estimate of drug-likeness (QED) is 0.784. The molecular formula is C14H19ClF3NO2. The summed E-state index contributed by atoms with van der Waals surface area (Å²) in [7, 11) is 1.49. The van der Waals surface area contributed by atoms with Crippen LogP contribution in [0.25, 0.3) is 0 Å². The average Bonchev–Trinajstić information content (AvgIpc) is 2.42. The molecule has 0 fully saturated rings. The Kier molecular flexibility index (Phi) is 7.28. The number of halogens is 4. The van der Waals surface area contributed by atoms with Gasteiger partial charge in [-0.3, -0.25) is 0 Å². The summed E-state index contributed by atoms with van der Waals surface area (Å²) in [5.41, 5.74) is 0.770. The Bertz CT molecular complexity index is 441. The third-order valence-corrected chi connectivity index (χ3v) is 3.08. The summed E-state index contributed by atoms with van der Waals surface area (Å²) >= 11 is 5.94. The molecule has 3 nitrogen and oxygen atoms in total. The van der Waals surface area contributed by atoms with Gasteiger partial charge in [0.15, 0.2) is 0 Å². The molecule has 0 spiro atoms. The summed E-state index contributed by atoms with van der Waals surface area (Å²) in [4.78, 5) is 0. The zero-order chi connectivity index (χ0) is 15.9. The maximum absolute atomic E-state index is 12.1. The predicted molar refractivity (Wildman–Crippen MR) is 75.9 cm³/mol. The standard InChI is InChI=1S/C14H19ClF3NO2/c1-3-6-19-12(8-21-9-14(16,17)18)10-4-5-11(15)13(7-10)20-2/h4-5,7,12,19H,3,6,8-9H2,1-2H3. The van der Waals surface area contributed by atoms with E-state index in [1.807, 2.05) is 6.92 Å². The van der Waals surface area contributed by atoms with Crippen molar-refractivity contribution in [3.8, 4) is 5.75 Å². The van der Waals surface area contributed by atoms with E-state index < -0.39 is 12.8 Å². The number of methoxy groups -OCH3 is 1. The Morgan fingerprint density at radius 1 is 1.33 bits per heavy atom. The van der Waals surface area contributed by atoms with Crippen LogP contribution in [0.2, 0.25) is 5.02 Å². The lowest BCUT2D eigenvalue weighted by atomic mass is 10.1. The summed E-state index contributed by atoms with van der Waals surface area (Å²) in [6.07, 6.45) is -3.46. The highest BCUT2D eigenvalue weighted by molar-refractivity contribution is 6.32. The van der Waals surface area contributed by atoms with Gasteiger partial charge in [0.05, 0.1) is 24.8 Å². The molecule has 0 bridgehead atoms. The number of benzene rings is 1. The molecule has 1 aromatic carbocycles. The lowest BCUT2D eigenvalue weighted by molar-refractivity contribution is -0.175. The van der Waals surface area contributed by atoms with E-state index in [1.165, 1.54) is 7.11 Å². The smallest absolute Gasteiger partial charge is 0.411 e.